The Morgan fingerprint density at radius 1 is 0.975 bits per heavy atom. The lowest BCUT2D eigenvalue weighted by Crippen LogP contribution is -2.45. The molecule has 5 N–H and O–H groups in total. The number of benzene rings is 2. The Labute approximate surface area is 238 Å². The van der Waals surface area contributed by atoms with Gasteiger partial charge in [0.15, 0.2) is 6.61 Å². The first kappa shape index (κ1) is 32.8. The van der Waals surface area contributed by atoms with Gasteiger partial charge < -0.3 is 26.0 Å². The highest BCUT2D eigenvalue weighted by molar-refractivity contribution is 5.88. The first-order chi connectivity index (χ1) is 18.6. The van der Waals surface area contributed by atoms with Crippen molar-refractivity contribution in [1.29, 1.82) is 0 Å². The molecule has 0 aliphatic heterocycles. The number of aryl methyl sites for hydroxylation is 3. The monoisotopic (exact) mass is 554 g/mol. The summed E-state index contributed by atoms with van der Waals surface area (Å²) in [6.45, 7) is 14.2. The number of nitrogens with two attached hydrogens (primary N) is 1. The van der Waals surface area contributed by atoms with Gasteiger partial charge in [-0.05, 0) is 78.8 Å². The van der Waals surface area contributed by atoms with Gasteiger partial charge >= 0.3 is 5.97 Å². The number of hydrogen-bond donors (Lipinski definition) is 4. The second-order valence-corrected chi connectivity index (χ2v) is 11.7. The summed E-state index contributed by atoms with van der Waals surface area (Å²) in [5, 5.41) is 21.9. The Balaban J connectivity index is 2.22. The Hall–Kier alpha value is -3.39. The number of aliphatic hydroxyl groups excluding tert-OH is 1. The molecule has 220 valence electrons. The van der Waals surface area contributed by atoms with Crippen LogP contribution in [0.15, 0.2) is 36.4 Å². The van der Waals surface area contributed by atoms with Crippen molar-refractivity contribution < 1.29 is 29.3 Å². The van der Waals surface area contributed by atoms with Crippen molar-refractivity contribution >= 4 is 17.8 Å². The summed E-state index contributed by atoms with van der Waals surface area (Å²) in [5.41, 5.74) is 10.4. The fraction of sp³-hybridized carbons (Fsp3) is 0.531. The van der Waals surface area contributed by atoms with Gasteiger partial charge in [0.05, 0.1) is 12.5 Å². The maximum absolute atomic E-state index is 12.3. The standard InChI is InChI=1S/C32H46N2O6/c1-8-32(9-2,23-12-10-22(20(3)16-23)11-15-27(35)31(5,6)7)24-13-14-26(21(4)17-24)40-19-29(37)34-25(30(38)39)18-28(33)36/h10,12-14,16-17,25,27,35H,8-9,11,15,18-19H2,1-7H3,(H2,33,36)(H,34,37)(H,38,39)/t25-,27-/m0/s1. The van der Waals surface area contributed by atoms with E-state index < -0.39 is 30.2 Å². The van der Waals surface area contributed by atoms with E-state index in [4.69, 9.17) is 10.5 Å². The number of ether oxygens (including phenoxy) is 1. The molecule has 0 radical (unpaired) electrons. The molecule has 0 bridgehead atoms. The molecule has 2 amide bonds. The quantitative estimate of drug-likeness (QED) is 0.270. The van der Waals surface area contributed by atoms with Crippen LogP contribution in [0.5, 0.6) is 5.75 Å². The number of primary amides is 1. The summed E-state index contributed by atoms with van der Waals surface area (Å²) in [5.74, 6) is -2.29. The lowest BCUT2D eigenvalue weighted by atomic mass is 9.69. The number of carbonyl (C=O) groups excluding carboxylic acids is 2. The molecule has 0 saturated carbocycles. The Bertz CT molecular complexity index is 1200. The SMILES string of the molecule is CCC(CC)(c1ccc(CC[C@H](O)C(C)(C)C)c(C)c1)c1ccc(OCC(=O)N[C@@H](CC(N)=O)C(=O)O)c(C)c1. The molecule has 0 spiro atoms. The van der Waals surface area contributed by atoms with Crippen LogP contribution in [0.2, 0.25) is 0 Å². The zero-order valence-corrected chi connectivity index (χ0v) is 25.0. The minimum atomic E-state index is -1.40. The van der Waals surface area contributed by atoms with Gasteiger partial charge in [-0.15, -0.1) is 0 Å². The van der Waals surface area contributed by atoms with Crippen molar-refractivity contribution in [3.05, 3.63) is 64.2 Å². The predicted molar refractivity (Wildman–Crippen MR) is 156 cm³/mol. The minimum absolute atomic E-state index is 0.142. The average Bonchev–Trinajstić information content (AvgIpc) is 2.87. The second kappa shape index (κ2) is 13.8. The molecule has 0 aromatic heterocycles. The molecule has 0 unspecified atom stereocenters. The van der Waals surface area contributed by atoms with E-state index in [1.807, 2.05) is 19.1 Å². The molecule has 40 heavy (non-hydrogen) atoms. The van der Waals surface area contributed by atoms with Crippen molar-refractivity contribution in [2.24, 2.45) is 11.1 Å². The molecule has 2 aromatic carbocycles. The maximum atomic E-state index is 12.3. The lowest BCUT2D eigenvalue weighted by Gasteiger charge is -2.34. The van der Waals surface area contributed by atoms with E-state index >= 15 is 0 Å². The number of rotatable bonds is 14. The van der Waals surface area contributed by atoms with Crippen molar-refractivity contribution in [3.63, 3.8) is 0 Å². The summed E-state index contributed by atoms with van der Waals surface area (Å²) < 4.78 is 5.69. The highest BCUT2D eigenvalue weighted by atomic mass is 16.5. The normalized spacial score (nSPS) is 13.4. The number of carboxylic acid groups (broad SMARTS) is 1. The van der Waals surface area contributed by atoms with Gasteiger partial charge in [-0.1, -0.05) is 65.0 Å². The zero-order valence-electron chi connectivity index (χ0n) is 25.0. The molecular weight excluding hydrogens is 508 g/mol. The predicted octanol–water partition coefficient (Wildman–Crippen LogP) is 4.57. The number of carboxylic acids is 1. The van der Waals surface area contributed by atoms with E-state index in [1.165, 1.54) is 16.7 Å². The van der Waals surface area contributed by atoms with Crippen molar-refractivity contribution in [3.8, 4) is 5.75 Å². The number of aliphatic hydroxyl groups is 1. The summed E-state index contributed by atoms with van der Waals surface area (Å²) in [6.07, 6.45) is 2.47. The first-order valence-corrected chi connectivity index (χ1v) is 14.0. The van der Waals surface area contributed by atoms with E-state index in [0.29, 0.717) is 5.75 Å². The van der Waals surface area contributed by atoms with Gasteiger partial charge in [0.1, 0.15) is 11.8 Å². The molecule has 8 nitrogen and oxygen atoms in total. The first-order valence-electron chi connectivity index (χ1n) is 14.0. The Morgan fingerprint density at radius 3 is 2.02 bits per heavy atom. The smallest absolute Gasteiger partial charge is 0.326 e. The molecule has 0 heterocycles. The highest BCUT2D eigenvalue weighted by Crippen LogP contribution is 2.41. The van der Waals surface area contributed by atoms with E-state index in [9.17, 15) is 24.6 Å². The fourth-order valence-electron chi connectivity index (χ4n) is 5.12. The second-order valence-electron chi connectivity index (χ2n) is 11.7. The largest absolute Gasteiger partial charge is 0.484 e. The molecule has 2 aromatic rings. The van der Waals surface area contributed by atoms with Crippen LogP contribution in [0.25, 0.3) is 0 Å². The highest BCUT2D eigenvalue weighted by Gasteiger charge is 2.32. The van der Waals surface area contributed by atoms with Crippen LogP contribution in [0.3, 0.4) is 0 Å². The van der Waals surface area contributed by atoms with Crippen LogP contribution in [-0.2, 0) is 26.2 Å². The summed E-state index contributed by atoms with van der Waals surface area (Å²) in [7, 11) is 0. The van der Waals surface area contributed by atoms with Crippen LogP contribution < -0.4 is 15.8 Å². The number of amides is 2. The lowest BCUT2D eigenvalue weighted by molar-refractivity contribution is -0.143. The van der Waals surface area contributed by atoms with Crippen LogP contribution in [0, 0.1) is 19.3 Å². The van der Waals surface area contributed by atoms with Gasteiger partial charge in [0.2, 0.25) is 5.91 Å². The van der Waals surface area contributed by atoms with Gasteiger partial charge in [0.25, 0.3) is 5.91 Å². The molecule has 2 atom stereocenters. The van der Waals surface area contributed by atoms with E-state index in [0.717, 1.165) is 36.8 Å². The molecular formula is C32H46N2O6. The van der Waals surface area contributed by atoms with Crippen LogP contribution >= 0.6 is 0 Å². The molecule has 2 rings (SSSR count). The molecule has 8 heteroatoms. The van der Waals surface area contributed by atoms with Gasteiger partial charge in [0, 0.05) is 5.41 Å². The molecule has 0 aliphatic rings. The zero-order chi connectivity index (χ0) is 30.3. The number of nitrogens with one attached hydrogen (secondary N) is 1. The van der Waals surface area contributed by atoms with Crippen LogP contribution in [-0.4, -0.2) is 46.7 Å². The summed E-state index contributed by atoms with van der Waals surface area (Å²) >= 11 is 0. The van der Waals surface area contributed by atoms with Gasteiger partial charge in [-0.2, -0.15) is 0 Å². The van der Waals surface area contributed by atoms with Gasteiger partial charge in [-0.3, -0.25) is 9.59 Å². The maximum Gasteiger partial charge on any atom is 0.326 e. The number of aliphatic carboxylic acids is 1. The van der Waals surface area contributed by atoms with Gasteiger partial charge in [-0.25, -0.2) is 4.79 Å². The fourth-order valence-corrected chi connectivity index (χ4v) is 5.12. The third-order valence-corrected chi connectivity index (χ3v) is 7.91. The van der Waals surface area contributed by atoms with E-state index in [-0.39, 0.29) is 23.5 Å². The van der Waals surface area contributed by atoms with E-state index in [2.05, 4.69) is 71.1 Å². The summed E-state index contributed by atoms with van der Waals surface area (Å²) in [4.78, 5) is 34.6. The van der Waals surface area contributed by atoms with Crippen LogP contribution in [0.1, 0.15) is 88.1 Å². The number of hydrogen-bond acceptors (Lipinski definition) is 5. The number of carbonyl (C=O) groups is 3. The van der Waals surface area contributed by atoms with E-state index in [1.54, 1.807) is 0 Å². The summed E-state index contributed by atoms with van der Waals surface area (Å²) in [6, 6.07) is 11.2. The topological polar surface area (TPSA) is 139 Å². The minimum Gasteiger partial charge on any atom is -0.484 e. The van der Waals surface area contributed by atoms with Crippen molar-refractivity contribution in [2.75, 3.05) is 6.61 Å². The molecule has 0 saturated heterocycles. The van der Waals surface area contributed by atoms with Crippen LogP contribution in [0.4, 0.5) is 0 Å². The van der Waals surface area contributed by atoms with Crippen molar-refractivity contribution in [1.82, 2.24) is 5.32 Å². The molecule has 0 fully saturated rings. The third kappa shape index (κ3) is 8.31. The third-order valence-electron chi connectivity index (χ3n) is 7.91. The van der Waals surface area contributed by atoms with Crippen molar-refractivity contribution in [2.45, 2.75) is 98.1 Å². The Morgan fingerprint density at radius 2 is 1.55 bits per heavy atom. The molecule has 0 aliphatic carbocycles. The Kier molecular flexibility index (Phi) is 11.3. The average molecular weight is 555 g/mol.